The molecule has 124 valence electrons. The molecule has 1 amide bonds. The Bertz CT molecular complexity index is 804. The molecule has 4 rings (SSSR count). The molecule has 2 aromatic carbocycles. The summed E-state index contributed by atoms with van der Waals surface area (Å²) in [5, 5.41) is 10.4. The Morgan fingerprint density at radius 1 is 1.12 bits per heavy atom. The first-order valence-electron chi connectivity index (χ1n) is 8.70. The predicted octanol–water partition coefficient (Wildman–Crippen LogP) is 3.63. The average molecular weight is 321 g/mol. The molecule has 3 nitrogen and oxygen atoms in total. The van der Waals surface area contributed by atoms with Crippen LogP contribution in [0.25, 0.3) is 11.1 Å². The highest BCUT2D eigenvalue weighted by atomic mass is 16.3. The topological polar surface area (TPSA) is 40.5 Å². The van der Waals surface area contributed by atoms with E-state index in [9.17, 15) is 9.90 Å². The molecule has 2 aliphatic rings. The van der Waals surface area contributed by atoms with E-state index in [1.165, 1.54) is 22.3 Å². The number of fused-ring (bicyclic) bond motifs is 3. The smallest absolute Gasteiger partial charge is 0.254 e. The number of amides is 1. The molecule has 1 saturated heterocycles. The van der Waals surface area contributed by atoms with E-state index >= 15 is 0 Å². The van der Waals surface area contributed by atoms with Gasteiger partial charge in [0, 0.05) is 12.1 Å². The quantitative estimate of drug-likeness (QED) is 0.783. The summed E-state index contributed by atoms with van der Waals surface area (Å²) >= 11 is 0. The van der Waals surface area contributed by atoms with Crippen molar-refractivity contribution in [1.82, 2.24) is 4.90 Å². The molecule has 0 aromatic heterocycles. The second-order valence-corrected chi connectivity index (χ2v) is 7.52. The lowest BCUT2D eigenvalue weighted by atomic mass is 9.96. The molecule has 2 aromatic rings. The molecule has 0 bridgehead atoms. The van der Waals surface area contributed by atoms with Gasteiger partial charge in [-0.05, 0) is 67.5 Å². The Morgan fingerprint density at radius 2 is 1.88 bits per heavy atom. The van der Waals surface area contributed by atoms with Gasteiger partial charge in [0.25, 0.3) is 5.91 Å². The van der Waals surface area contributed by atoms with Crippen molar-refractivity contribution in [2.75, 3.05) is 6.54 Å². The summed E-state index contributed by atoms with van der Waals surface area (Å²) in [4.78, 5) is 14.8. The molecular weight excluding hydrogens is 298 g/mol. The van der Waals surface area contributed by atoms with Gasteiger partial charge < -0.3 is 10.0 Å². The summed E-state index contributed by atoms with van der Waals surface area (Å²) < 4.78 is 0. The van der Waals surface area contributed by atoms with Gasteiger partial charge in [0.15, 0.2) is 0 Å². The normalized spacial score (nSPS) is 19.3. The second-order valence-electron chi connectivity index (χ2n) is 7.52. The Hall–Kier alpha value is -2.13. The predicted molar refractivity (Wildman–Crippen MR) is 95.0 cm³/mol. The van der Waals surface area contributed by atoms with Crippen LogP contribution in [0, 0.1) is 0 Å². The van der Waals surface area contributed by atoms with E-state index in [1.807, 2.05) is 17.0 Å². The van der Waals surface area contributed by atoms with Crippen molar-refractivity contribution < 1.29 is 9.90 Å². The van der Waals surface area contributed by atoms with E-state index in [-0.39, 0.29) is 11.9 Å². The standard InChI is InChI=1S/C21H23NO2/c1-21(2,24)19-8-5-11-22(19)20(23)15-9-10-18-16(13-15)12-14-6-3-4-7-17(14)18/h3-4,6-7,9-10,13,19,24H,5,8,11-12H2,1-2H3. The number of carbonyl (C=O) groups excluding carboxylic acids is 1. The summed E-state index contributed by atoms with van der Waals surface area (Å²) in [5.74, 6) is 0.0402. The molecule has 0 radical (unpaired) electrons. The zero-order chi connectivity index (χ0) is 16.9. The lowest BCUT2D eigenvalue weighted by molar-refractivity contribution is 0.000334. The molecular formula is C21H23NO2. The summed E-state index contributed by atoms with van der Waals surface area (Å²) in [6.07, 6.45) is 2.71. The van der Waals surface area contributed by atoms with Crippen LogP contribution in [0.1, 0.15) is 48.2 Å². The zero-order valence-corrected chi connectivity index (χ0v) is 14.2. The minimum atomic E-state index is -0.862. The Morgan fingerprint density at radius 3 is 2.67 bits per heavy atom. The van der Waals surface area contributed by atoms with Crippen LogP contribution in [0.5, 0.6) is 0 Å². The number of aliphatic hydroxyl groups is 1. The summed E-state index contributed by atoms with van der Waals surface area (Å²) in [7, 11) is 0. The molecule has 0 saturated carbocycles. The number of likely N-dealkylation sites (tertiary alicyclic amines) is 1. The largest absolute Gasteiger partial charge is 0.388 e. The van der Waals surface area contributed by atoms with Crippen LogP contribution < -0.4 is 0 Å². The molecule has 1 aliphatic heterocycles. The van der Waals surface area contributed by atoms with Gasteiger partial charge >= 0.3 is 0 Å². The molecule has 1 fully saturated rings. The highest BCUT2D eigenvalue weighted by Crippen LogP contribution is 2.37. The van der Waals surface area contributed by atoms with Gasteiger partial charge in [0.2, 0.25) is 0 Å². The van der Waals surface area contributed by atoms with Crippen LogP contribution in [0.3, 0.4) is 0 Å². The van der Waals surface area contributed by atoms with E-state index in [2.05, 4.69) is 30.3 Å². The molecule has 1 unspecified atom stereocenters. The maximum atomic E-state index is 13.0. The highest BCUT2D eigenvalue weighted by Gasteiger charge is 2.38. The van der Waals surface area contributed by atoms with E-state index in [1.54, 1.807) is 13.8 Å². The molecule has 1 N–H and O–H groups in total. The number of rotatable bonds is 2. The average Bonchev–Trinajstić information content (AvgIpc) is 3.17. The summed E-state index contributed by atoms with van der Waals surface area (Å²) in [6, 6.07) is 14.4. The lowest BCUT2D eigenvalue weighted by Crippen LogP contribution is -2.48. The fourth-order valence-electron chi connectivity index (χ4n) is 4.19. The maximum Gasteiger partial charge on any atom is 0.254 e. The number of hydrogen-bond donors (Lipinski definition) is 1. The number of benzene rings is 2. The molecule has 24 heavy (non-hydrogen) atoms. The van der Waals surface area contributed by atoms with Crippen LogP contribution in [-0.4, -0.2) is 34.1 Å². The van der Waals surface area contributed by atoms with Crippen LogP contribution in [0.4, 0.5) is 0 Å². The van der Waals surface area contributed by atoms with Gasteiger partial charge in [-0.3, -0.25) is 4.79 Å². The van der Waals surface area contributed by atoms with Crippen molar-refractivity contribution in [2.24, 2.45) is 0 Å². The first-order chi connectivity index (χ1) is 11.4. The van der Waals surface area contributed by atoms with Gasteiger partial charge in [-0.2, -0.15) is 0 Å². The minimum Gasteiger partial charge on any atom is -0.388 e. The Kier molecular flexibility index (Phi) is 3.50. The minimum absolute atomic E-state index is 0.0402. The molecule has 1 aliphatic carbocycles. The second kappa shape index (κ2) is 5.45. The molecule has 1 atom stereocenters. The van der Waals surface area contributed by atoms with E-state index in [0.717, 1.165) is 31.4 Å². The van der Waals surface area contributed by atoms with Gasteiger partial charge in [-0.15, -0.1) is 0 Å². The summed E-state index contributed by atoms with van der Waals surface area (Å²) in [5.41, 5.74) is 4.94. The Labute approximate surface area is 142 Å². The van der Waals surface area contributed by atoms with Crippen molar-refractivity contribution in [3.05, 3.63) is 59.2 Å². The maximum absolute atomic E-state index is 13.0. The summed E-state index contributed by atoms with van der Waals surface area (Å²) in [6.45, 7) is 4.32. The van der Waals surface area contributed by atoms with Crippen molar-refractivity contribution in [2.45, 2.75) is 44.8 Å². The van der Waals surface area contributed by atoms with E-state index in [0.29, 0.717) is 0 Å². The first kappa shape index (κ1) is 15.4. The van der Waals surface area contributed by atoms with Crippen molar-refractivity contribution >= 4 is 5.91 Å². The Balaban J connectivity index is 1.65. The third-order valence-corrected chi connectivity index (χ3v) is 5.37. The lowest BCUT2D eigenvalue weighted by Gasteiger charge is -2.34. The molecule has 3 heteroatoms. The molecule has 0 spiro atoms. The van der Waals surface area contributed by atoms with Crippen LogP contribution in [0.2, 0.25) is 0 Å². The van der Waals surface area contributed by atoms with Crippen molar-refractivity contribution in [1.29, 1.82) is 0 Å². The van der Waals surface area contributed by atoms with Gasteiger partial charge in [-0.1, -0.05) is 30.3 Å². The van der Waals surface area contributed by atoms with Gasteiger partial charge in [-0.25, -0.2) is 0 Å². The fourth-order valence-corrected chi connectivity index (χ4v) is 4.19. The number of nitrogens with zero attached hydrogens (tertiary/aromatic N) is 1. The monoisotopic (exact) mass is 321 g/mol. The number of hydrogen-bond acceptors (Lipinski definition) is 2. The SMILES string of the molecule is CC(C)(O)C1CCCN1C(=O)c1ccc2c(c1)Cc1ccccc1-2. The van der Waals surface area contributed by atoms with E-state index in [4.69, 9.17) is 0 Å². The first-order valence-corrected chi connectivity index (χ1v) is 8.70. The van der Waals surface area contributed by atoms with Crippen molar-refractivity contribution in [3.8, 4) is 11.1 Å². The van der Waals surface area contributed by atoms with Gasteiger partial charge in [0.05, 0.1) is 11.6 Å². The number of carbonyl (C=O) groups is 1. The van der Waals surface area contributed by atoms with Crippen LogP contribution in [0.15, 0.2) is 42.5 Å². The third-order valence-electron chi connectivity index (χ3n) is 5.37. The molecule has 1 heterocycles. The third kappa shape index (κ3) is 2.44. The zero-order valence-electron chi connectivity index (χ0n) is 14.2. The van der Waals surface area contributed by atoms with Crippen LogP contribution in [-0.2, 0) is 6.42 Å². The van der Waals surface area contributed by atoms with Crippen LogP contribution >= 0.6 is 0 Å². The highest BCUT2D eigenvalue weighted by molar-refractivity contribution is 5.96. The fraction of sp³-hybridized carbons (Fsp3) is 0.381. The van der Waals surface area contributed by atoms with Crippen molar-refractivity contribution in [3.63, 3.8) is 0 Å². The van der Waals surface area contributed by atoms with Gasteiger partial charge in [0.1, 0.15) is 0 Å². The van der Waals surface area contributed by atoms with E-state index < -0.39 is 5.60 Å².